The second-order valence-electron chi connectivity index (χ2n) is 12.2. The summed E-state index contributed by atoms with van der Waals surface area (Å²) in [6.07, 6.45) is 0.00694. The highest BCUT2D eigenvalue weighted by Gasteiger charge is 2.31. The normalized spacial score (nSPS) is 14.3. The van der Waals surface area contributed by atoms with Crippen LogP contribution in [0, 0.1) is 0 Å². The van der Waals surface area contributed by atoms with Gasteiger partial charge in [-0.25, -0.2) is 0 Å². The highest BCUT2D eigenvalue weighted by molar-refractivity contribution is 6.19. The molecule has 0 bridgehead atoms. The molecule has 3 heterocycles. The lowest BCUT2D eigenvalue weighted by Gasteiger charge is -2.27. The van der Waals surface area contributed by atoms with E-state index in [-0.39, 0.29) is 6.17 Å². The molecule has 0 fully saturated rings. The summed E-state index contributed by atoms with van der Waals surface area (Å²) in [5.41, 5.74) is 12.6. The summed E-state index contributed by atoms with van der Waals surface area (Å²) in [4.78, 5) is 2.38. The SMILES string of the molecule is c1ccc(C2Nc3cc(-c4cccc(-c5ccc6oc7c(ccc8c9ccccc9oc87)c6c5)c4)ccc3N2c2ccccc2)cc1. The van der Waals surface area contributed by atoms with E-state index in [1.807, 2.05) is 18.2 Å². The molecule has 1 aliphatic rings. The maximum absolute atomic E-state index is 6.40. The molecule has 2 aromatic heterocycles. The molecular formula is C43H28N2O2. The summed E-state index contributed by atoms with van der Waals surface area (Å²) in [5.74, 6) is 0. The zero-order valence-corrected chi connectivity index (χ0v) is 25.4. The minimum atomic E-state index is 0.00694. The molecule has 222 valence electrons. The van der Waals surface area contributed by atoms with Crippen molar-refractivity contribution in [3.8, 4) is 22.3 Å². The van der Waals surface area contributed by atoms with Gasteiger partial charge >= 0.3 is 0 Å². The first-order chi connectivity index (χ1) is 23.3. The van der Waals surface area contributed by atoms with Crippen LogP contribution in [0.3, 0.4) is 0 Å². The molecule has 47 heavy (non-hydrogen) atoms. The van der Waals surface area contributed by atoms with E-state index < -0.39 is 0 Å². The van der Waals surface area contributed by atoms with Gasteiger partial charge in [0, 0.05) is 27.2 Å². The molecule has 4 nitrogen and oxygen atoms in total. The van der Waals surface area contributed by atoms with Crippen molar-refractivity contribution in [2.24, 2.45) is 0 Å². The number of nitrogens with one attached hydrogen (secondary N) is 1. The van der Waals surface area contributed by atoms with Crippen molar-refractivity contribution < 1.29 is 8.83 Å². The highest BCUT2D eigenvalue weighted by Crippen LogP contribution is 2.47. The van der Waals surface area contributed by atoms with Crippen molar-refractivity contribution in [2.75, 3.05) is 10.2 Å². The predicted molar refractivity (Wildman–Crippen MR) is 193 cm³/mol. The third kappa shape index (κ3) is 4.08. The monoisotopic (exact) mass is 604 g/mol. The first-order valence-corrected chi connectivity index (χ1v) is 16.0. The smallest absolute Gasteiger partial charge is 0.178 e. The van der Waals surface area contributed by atoms with Gasteiger partial charge < -0.3 is 19.1 Å². The Hall–Kier alpha value is -6.26. The molecule has 0 spiro atoms. The minimum Gasteiger partial charge on any atom is -0.452 e. The molecule has 0 radical (unpaired) electrons. The number of para-hydroxylation sites is 2. The van der Waals surface area contributed by atoms with Crippen LogP contribution in [0.15, 0.2) is 167 Å². The highest BCUT2D eigenvalue weighted by atomic mass is 16.4. The molecule has 1 aliphatic heterocycles. The van der Waals surface area contributed by atoms with Gasteiger partial charge in [0.25, 0.3) is 0 Å². The first kappa shape index (κ1) is 26.0. The van der Waals surface area contributed by atoms with Crippen molar-refractivity contribution in [3.05, 3.63) is 163 Å². The summed E-state index contributed by atoms with van der Waals surface area (Å²) < 4.78 is 12.7. The minimum absolute atomic E-state index is 0.00694. The van der Waals surface area contributed by atoms with Crippen molar-refractivity contribution in [2.45, 2.75) is 6.17 Å². The molecule has 0 saturated heterocycles. The van der Waals surface area contributed by atoms with Gasteiger partial charge in [-0.2, -0.15) is 0 Å². The van der Waals surface area contributed by atoms with Gasteiger partial charge in [0.1, 0.15) is 17.3 Å². The van der Waals surface area contributed by atoms with Crippen LogP contribution in [0.25, 0.3) is 66.1 Å². The maximum atomic E-state index is 6.40. The number of rotatable bonds is 4. The Balaban J connectivity index is 1.04. The van der Waals surface area contributed by atoms with Gasteiger partial charge in [0.2, 0.25) is 0 Å². The van der Waals surface area contributed by atoms with Crippen LogP contribution >= 0.6 is 0 Å². The number of hydrogen-bond donors (Lipinski definition) is 1. The number of nitrogens with zero attached hydrogens (tertiary/aromatic N) is 1. The molecule has 0 saturated carbocycles. The van der Waals surface area contributed by atoms with E-state index in [9.17, 15) is 0 Å². The van der Waals surface area contributed by atoms with E-state index >= 15 is 0 Å². The fourth-order valence-corrected chi connectivity index (χ4v) is 7.21. The lowest BCUT2D eigenvalue weighted by Crippen LogP contribution is -2.23. The van der Waals surface area contributed by atoms with Crippen LogP contribution in [0.2, 0.25) is 0 Å². The molecular weight excluding hydrogens is 576 g/mol. The predicted octanol–water partition coefficient (Wildman–Crippen LogP) is 12.1. The zero-order valence-electron chi connectivity index (χ0n) is 25.4. The lowest BCUT2D eigenvalue weighted by molar-refractivity contribution is 0.633. The van der Waals surface area contributed by atoms with Crippen molar-refractivity contribution in [1.82, 2.24) is 0 Å². The summed E-state index contributed by atoms with van der Waals surface area (Å²) >= 11 is 0. The van der Waals surface area contributed by atoms with Crippen LogP contribution in [-0.4, -0.2) is 0 Å². The Morgan fingerprint density at radius 3 is 1.85 bits per heavy atom. The summed E-state index contributed by atoms with van der Waals surface area (Å²) in [6, 6.07) is 55.7. The summed E-state index contributed by atoms with van der Waals surface area (Å²) in [5, 5.41) is 8.14. The lowest BCUT2D eigenvalue weighted by atomic mass is 9.97. The van der Waals surface area contributed by atoms with E-state index in [1.54, 1.807) is 0 Å². The van der Waals surface area contributed by atoms with E-state index in [0.717, 1.165) is 66.4 Å². The van der Waals surface area contributed by atoms with Gasteiger partial charge in [-0.15, -0.1) is 0 Å². The van der Waals surface area contributed by atoms with Crippen LogP contribution in [0.4, 0.5) is 17.1 Å². The van der Waals surface area contributed by atoms with Gasteiger partial charge in [-0.1, -0.05) is 97.1 Å². The number of furan rings is 2. The van der Waals surface area contributed by atoms with Gasteiger partial charge in [0.05, 0.1) is 11.4 Å². The fraction of sp³-hybridized carbons (Fsp3) is 0.0233. The zero-order chi connectivity index (χ0) is 30.9. The van der Waals surface area contributed by atoms with Crippen LogP contribution < -0.4 is 10.2 Å². The van der Waals surface area contributed by atoms with E-state index in [0.29, 0.717) is 0 Å². The Labute approximate surface area is 271 Å². The van der Waals surface area contributed by atoms with Gasteiger partial charge in [0.15, 0.2) is 11.2 Å². The van der Waals surface area contributed by atoms with Crippen LogP contribution in [-0.2, 0) is 0 Å². The van der Waals surface area contributed by atoms with Crippen LogP contribution in [0.1, 0.15) is 11.7 Å². The topological polar surface area (TPSA) is 41.6 Å². The maximum Gasteiger partial charge on any atom is 0.178 e. The molecule has 7 aromatic carbocycles. The number of fused-ring (bicyclic) bond motifs is 8. The molecule has 1 atom stereocenters. The third-order valence-corrected chi connectivity index (χ3v) is 9.47. The standard InChI is InChI=1S/C43H28N2O2/c1-3-10-27(11-4-1)43-44-37-26-31(18-22-38(37)45(43)32-14-5-2-6-15-32)29-13-9-12-28(24-29)30-19-23-40-36(25-30)35-21-20-34-33-16-7-8-17-39(33)46-41(34)42(35)47-40/h1-26,43-44H. The quantitative estimate of drug-likeness (QED) is 0.217. The number of anilines is 3. The van der Waals surface area contributed by atoms with E-state index in [4.69, 9.17) is 8.83 Å². The third-order valence-electron chi connectivity index (χ3n) is 9.47. The molecule has 1 unspecified atom stereocenters. The summed E-state index contributed by atoms with van der Waals surface area (Å²) in [7, 11) is 0. The largest absolute Gasteiger partial charge is 0.452 e. The first-order valence-electron chi connectivity index (χ1n) is 16.0. The van der Waals surface area contributed by atoms with Crippen LogP contribution in [0.5, 0.6) is 0 Å². The Bertz CT molecular complexity index is 2620. The Kier molecular flexibility index (Phi) is 5.60. The summed E-state index contributed by atoms with van der Waals surface area (Å²) in [6.45, 7) is 0. The fourth-order valence-electron chi connectivity index (χ4n) is 7.21. The molecule has 0 amide bonds. The molecule has 0 aliphatic carbocycles. The second-order valence-corrected chi connectivity index (χ2v) is 12.2. The average molecular weight is 605 g/mol. The Morgan fingerprint density at radius 2 is 1.06 bits per heavy atom. The molecule has 9 aromatic rings. The van der Waals surface area contributed by atoms with E-state index in [2.05, 4.69) is 150 Å². The van der Waals surface area contributed by atoms with Gasteiger partial charge in [-0.05, 0) is 88.5 Å². The number of hydrogen-bond acceptors (Lipinski definition) is 4. The average Bonchev–Trinajstić information content (AvgIpc) is 3.83. The van der Waals surface area contributed by atoms with Crippen molar-refractivity contribution in [3.63, 3.8) is 0 Å². The molecule has 1 N–H and O–H groups in total. The number of benzene rings is 7. The molecule has 4 heteroatoms. The van der Waals surface area contributed by atoms with E-state index in [1.165, 1.54) is 22.4 Å². The Morgan fingerprint density at radius 1 is 0.447 bits per heavy atom. The van der Waals surface area contributed by atoms with Crippen molar-refractivity contribution in [1.29, 1.82) is 0 Å². The van der Waals surface area contributed by atoms with Crippen molar-refractivity contribution >= 4 is 60.9 Å². The van der Waals surface area contributed by atoms with Gasteiger partial charge in [-0.3, -0.25) is 0 Å². The molecule has 10 rings (SSSR count). The second kappa shape index (κ2) is 10.1.